The first kappa shape index (κ1) is 14.9. The van der Waals surface area contributed by atoms with Crippen LogP contribution in [0.4, 0.5) is 13.2 Å². The van der Waals surface area contributed by atoms with E-state index in [1.165, 1.54) is 26.2 Å². The second kappa shape index (κ2) is 6.72. The lowest BCUT2D eigenvalue weighted by Gasteiger charge is -2.30. The van der Waals surface area contributed by atoms with Gasteiger partial charge in [-0.2, -0.15) is 13.2 Å². The second-order valence-corrected chi connectivity index (χ2v) is 6.43. The molecule has 0 bridgehead atoms. The molecule has 0 spiro atoms. The predicted molar refractivity (Wildman–Crippen MR) is 62.2 cm³/mol. The molecule has 100 valence electrons. The fourth-order valence-corrected chi connectivity index (χ4v) is 3.63. The second-order valence-electron chi connectivity index (χ2n) is 3.56. The fraction of sp³-hybridized carbons (Fsp3) is 0.875. The van der Waals surface area contributed by atoms with Crippen LogP contribution < -0.4 is 10.6 Å². The zero-order valence-electron chi connectivity index (χ0n) is 8.79. The molecule has 2 rings (SSSR count). The van der Waals surface area contributed by atoms with E-state index in [2.05, 4.69) is 32.2 Å². The average Bonchev–Trinajstić information content (AvgIpc) is 2.05. The lowest BCUT2D eigenvalue weighted by Crippen LogP contribution is -2.46. The Morgan fingerprint density at radius 1 is 1.06 bits per heavy atom. The summed E-state index contributed by atoms with van der Waals surface area (Å²) in [4.78, 5) is 8.90. The molecule has 17 heavy (non-hydrogen) atoms. The molecule has 2 aliphatic rings. The molecule has 0 radical (unpaired) electrons. The van der Waals surface area contributed by atoms with Crippen molar-refractivity contribution in [2.45, 2.75) is 16.7 Å². The number of nitrogens with one attached hydrogen (secondary N) is 2. The first-order valence-electron chi connectivity index (χ1n) is 4.93. The Kier molecular flexibility index (Phi) is 5.90. The van der Waals surface area contributed by atoms with Gasteiger partial charge in [0.2, 0.25) is 0 Å². The Morgan fingerprint density at radius 2 is 1.35 bits per heavy atom. The molecule has 9 heteroatoms. The van der Waals surface area contributed by atoms with Gasteiger partial charge in [0.05, 0.1) is 0 Å². The van der Waals surface area contributed by atoms with Crippen LogP contribution in [-0.4, -0.2) is 53.9 Å². The van der Waals surface area contributed by atoms with Gasteiger partial charge in [-0.25, -0.2) is 4.79 Å². The Labute approximate surface area is 104 Å². The van der Waals surface area contributed by atoms with Gasteiger partial charge in [-0.3, -0.25) is 0 Å². The molecule has 0 unspecified atom stereocenters. The largest absolute Gasteiger partial charge is 0.490 e. The summed E-state index contributed by atoms with van der Waals surface area (Å²) >= 11 is 0. The molecule has 2 fully saturated rings. The van der Waals surface area contributed by atoms with Gasteiger partial charge in [0.25, 0.3) is 0 Å². The van der Waals surface area contributed by atoms with E-state index in [1.54, 1.807) is 0 Å². The van der Waals surface area contributed by atoms with Crippen LogP contribution >= 0.6 is 21.6 Å². The molecule has 0 aromatic carbocycles. The number of alkyl halides is 3. The van der Waals surface area contributed by atoms with Crippen LogP contribution in [0.15, 0.2) is 0 Å². The maximum Gasteiger partial charge on any atom is 0.490 e. The molecular formula is C8H13F3N2O2S2. The van der Waals surface area contributed by atoms with E-state index in [-0.39, 0.29) is 0 Å². The molecule has 4 nitrogen and oxygen atoms in total. The van der Waals surface area contributed by atoms with E-state index in [9.17, 15) is 13.2 Å². The van der Waals surface area contributed by atoms with Gasteiger partial charge in [0.1, 0.15) is 0 Å². The number of carbonyl (C=O) groups is 1. The number of carboxylic acids is 1. The summed E-state index contributed by atoms with van der Waals surface area (Å²) in [7, 11) is 4.12. The standard InChI is InChI=1S/C6H12N2S2.C2HF3O2/c1-5(2-7-1)9-10-6-3-8-4-6;3-2(4,5)1(6)7/h5-8H,1-4H2;(H,6,7). The van der Waals surface area contributed by atoms with Crippen molar-refractivity contribution < 1.29 is 23.1 Å². The average molecular weight is 290 g/mol. The van der Waals surface area contributed by atoms with Crippen LogP contribution in [0, 0.1) is 0 Å². The first-order valence-corrected chi connectivity index (χ1v) is 7.21. The van der Waals surface area contributed by atoms with E-state index >= 15 is 0 Å². The van der Waals surface area contributed by atoms with E-state index in [0.717, 1.165) is 10.5 Å². The highest BCUT2D eigenvalue weighted by molar-refractivity contribution is 8.77. The van der Waals surface area contributed by atoms with Gasteiger partial charge >= 0.3 is 12.1 Å². The lowest BCUT2D eigenvalue weighted by molar-refractivity contribution is -0.192. The zero-order valence-corrected chi connectivity index (χ0v) is 10.4. The lowest BCUT2D eigenvalue weighted by atomic mass is 10.3. The van der Waals surface area contributed by atoms with E-state index in [4.69, 9.17) is 9.90 Å². The van der Waals surface area contributed by atoms with Crippen LogP contribution in [0.2, 0.25) is 0 Å². The molecule has 0 atom stereocenters. The van der Waals surface area contributed by atoms with Crippen molar-refractivity contribution in [1.29, 1.82) is 0 Å². The summed E-state index contributed by atoms with van der Waals surface area (Å²) in [6.07, 6.45) is -5.08. The minimum absolute atomic E-state index is 0.894. The van der Waals surface area contributed by atoms with Gasteiger partial charge in [0.15, 0.2) is 0 Å². The Morgan fingerprint density at radius 3 is 1.47 bits per heavy atom. The van der Waals surface area contributed by atoms with Gasteiger partial charge < -0.3 is 15.7 Å². The number of hydrogen-bond donors (Lipinski definition) is 3. The van der Waals surface area contributed by atoms with Gasteiger partial charge in [0, 0.05) is 36.7 Å². The summed E-state index contributed by atoms with van der Waals surface area (Å²) < 4.78 is 31.7. The minimum atomic E-state index is -5.08. The van der Waals surface area contributed by atoms with Crippen LogP contribution in [-0.2, 0) is 4.79 Å². The third kappa shape index (κ3) is 5.84. The minimum Gasteiger partial charge on any atom is -0.475 e. The number of halogens is 3. The molecule has 0 saturated carbocycles. The summed E-state index contributed by atoms with van der Waals surface area (Å²) in [6.45, 7) is 4.88. The monoisotopic (exact) mass is 290 g/mol. The number of aliphatic carboxylic acids is 1. The summed E-state index contributed by atoms with van der Waals surface area (Å²) in [5.41, 5.74) is 0. The summed E-state index contributed by atoms with van der Waals surface area (Å²) in [5.74, 6) is -2.76. The molecule has 0 aromatic rings. The molecule has 2 saturated heterocycles. The first-order chi connectivity index (χ1) is 7.89. The van der Waals surface area contributed by atoms with Crippen molar-refractivity contribution in [1.82, 2.24) is 10.6 Å². The highest BCUT2D eigenvalue weighted by atomic mass is 33.1. The number of hydrogen-bond acceptors (Lipinski definition) is 5. The van der Waals surface area contributed by atoms with Crippen LogP contribution in [0.1, 0.15) is 0 Å². The molecule has 0 aromatic heterocycles. The van der Waals surface area contributed by atoms with Crippen LogP contribution in [0.5, 0.6) is 0 Å². The fourth-order valence-electron chi connectivity index (χ4n) is 0.818. The Hall–Kier alpha value is -0.120. The molecule has 2 aliphatic heterocycles. The Bertz CT molecular complexity index is 244. The van der Waals surface area contributed by atoms with Crippen LogP contribution in [0.25, 0.3) is 0 Å². The third-order valence-electron chi connectivity index (χ3n) is 2.06. The van der Waals surface area contributed by atoms with Crippen molar-refractivity contribution in [3.8, 4) is 0 Å². The van der Waals surface area contributed by atoms with E-state index < -0.39 is 12.1 Å². The zero-order chi connectivity index (χ0) is 12.9. The normalized spacial score (nSPS) is 20.9. The van der Waals surface area contributed by atoms with Crippen molar-refractivity contribution in [2.75, 3.05) is 26.2 Å². The SMILES string of the molecule is C1NCC1SSC1CNC1.O=C(O)C(F)(F)F. The third-order valence-corrected chi connectivity index (χ3v) is 5.35. The van der Waals surface area contributed by atoms with Crippen molar-refractivity contribution in [3.05, 3.63) is 0 Å². The van der Waals surface area contributed by atoms with Crippen molar-refractivity contribution >= 4 is 27.6 Å². The van der Waals surface area contributed by atoms with Gasteiger partial charge in [-0.15, -0.1) is 0 Å². The highest BCUT2D eigenvalue weighted by Crippen LogP contribution is 2.33. The quantitative estimate of drug-likeness (QED) is 0.673. The molecule has 2 heterocycles. The predicted octanol–water partition coefficient (Wildman–Crippen LogP) is 0.945. The van der Waals surface area contributed by atoms with Gasteiger partial charge in [-0.1, -0.05) is 21.6 Å². The van der Waals surface area contributed by atoms with Crippen molar-refractivity contribution in [3.63, 3.8) is 0 Å². The maximum absolute atomic E-state index is 10.6. The molecular weight excluding hydrogens is 277 g/mol. The number of carboxylic acid groups (broad SMARTS) is 1. The van der Waals surface area contributed by atoms with E-state index in [1.807, 2.05) is 0 Å². The van der Waals surface area contributed by atoms with E-state index in [0.29, 0.717) is 0 Å². The topological polar surface area (TPSA) is 61.4 Å². The smallest absolute Gasteiger partial charge is 0.475 e. The summed E-state index contributed by atoms with van der Waals surface area (Å²) in [6, 6.07) is 0. The van der Waals surface area contributed by atoms with Crippen LogP contribution in [0.3, 0.4) is 0 Å². The molecule has 0 aliphatic carbocycles. The number of rotatable bonds is 3. The Balaban J connectivity index is 0.000000185. The van der Waals surface area contributed by atoms with Gasteiger partial charge in [-0.05, 0) is 0 Å². The highest BCUT2D eigenvalue weighted by Gasteiger charge is 2.38. The maximum atomic E-state index is 10.6. The summed E-state index contributed by atoms with van der Waals surface area (Å²) in [5, 5.41) is 15.5. The molecule has 0 amide bonds. The van der Waals surface area contributed by atoms with Crippen molar-refractivity contribution in [2.24, 2.45) is 0 Å². The molecule has 3 N–H and O–H groups in total.